The van der Waals surface area contributed by atoms with Crippen molar-refractivity contribution >= 4 is 7.75 Å². The highest BCUT2D eigenvalue weighted by molar-refractivity contribution is 7.50. The van der Waals surface area contributed by atoms with Crippen molar-refractivity contribution < 1.29 is 14.0 Å². The molecule has 0 aliphatic carbocycles. The van der Waals surface area contributed by atoms with Crippen LogP contribution < -0.4 is 0 Å². The quantitative estimate of drug-likeness (QED) is 0.658. The molecule has 0 saturated heterocycles. The molecule has 0 spiro atoms. The maximum Gasteiger partial charge on any atom is 0.405 e. The molecule has 114 valence electrons. The molecule has 0 saturated carbocycles. The van der Waals surface area contributed by atoms with Gasteiger partial charge in [0.2, 0.25) is 0 Å². The van der Waals surface area contributed by atoms with E-state index < -0.39 is 7.75 Å². The fourth-order valence-corrected chi connectivity index (χ4v) is 3.13. The van der Waals surface area contributed by atoms with E-state index in [0.717, 1.165) is 31.2 Å². The van der Waals surface area contributed by atoms with E-state index in [0.29, 0.717) is 13.1 Å². The van der Waals surface area contributed by atoms with Gasteiger partial charge in [-0.1, -0.05) is 57.0 Å². The number of benzene rings is 1. The lowest BCUT2D eigenvalue weighted by Crippen LogP contribution is -2.24. The fourth-order valence-electron chi connectivity index (χ4n) is 1.86. The summed E-state index contributed by atoms with van der Waals surface area (Å²) in [6.07, 6.45) is 3.81. The Bertz CT molecular complexity index is 403. The van der Waals surface area contributed by atoms with E-state index in [2.05, 4.69) is 13.8 Å². The van der Waals surface area contributed by atoms with Gasteiger partial charge in [-0.05, 0) is 18.4 Å². The number of hydrogen-bond donors (Lipinski definition) is 1. The monoisotopic (exact) mass is 299 g/mol. The Hall–Kier alpha value is -0.670. The highest BCUT2D eigenvalue weighted by Gasteiger charge is 2.28. The Labute approximate surface area is 122 Å². The minimum atomic E-state index is -3.69. The second-order valence-corrected chi connectivity index (χ2v) is 6.72. The van der Waals surface area contributed by atoms with Crippen molar-refractivity contribution in [3.63, 3.8) is 0 Å². The predicted octanol–water partition coefficient (Wildman–Crippen LogP) is 4.21. The lowest BCUT2D eigenvalue weighted by Gasteiger charge is -2.26. The smallest absolute Gasteiger partial charge is 0.312 e. The van der Waals surface area contributed by atoms with Gasteiger partial charge in [-0.2, -0.15) is 0 Å². The molecule has 0 fully saturated rings. The third-order valence-corrected chi connectivity index (χ3v) is 4.72. The standard InChI is InChI=1S/C15H26NO3P/c1-3-5-12-16(13-6-4-2)20(17,18)19-14-15-10-8-7-9-11-15/h7-11H,3-6,12-14H2,1-2H3,(H,17,18). The second kappa shape index (κ2) is 9.30. The highest BCUT2D eigenvalue weighted by Crippen LogP contribution is 2.47. The van der Waals surface area contributed by atoms with E-state index in [1.165, 1.54) is 0 Å². The first kappa shape index (κ1) is 17.4. The molecule has 1 aromatic carbocycles. The number of rotatable bonds is 10. The molecule has 0 radical (unpaired) electrons. The molecule has 1 N–H and O–H groups in total. The van der Waals surface area contributed by atoms with E-state index in [9.17, 15) is 9.46 Å². The first-order chi connectivity index (χ1) is 9.60. The van der Waals surface area contributed by atoms with Crippen LogP contribution in [0.5, 0.6) is 0 Å². The number of unbranched alkanes of at least 4 members (excludes halogenated alkanes) is 2. The van der Waals surface area contributed by atoms with Crippen molar-refractivity contribution in [2.45, 2.75) is 46.1 Å². The molecule has 0 aliphatic rings. The van der Waals surface area contributed by atoms with E-state index >= 15 is 0 Å². The average Bonchev–Trinajstić information content (AvgIpc) is 2.46. The summed E-state index contributed by atoms with van der Waals surface area (Å²) in [7, 11) is -3.69. The van der Waals surface area contributed by atoms with Gasteiger partial charge in [-0.3, -0.25) is 4.52 Å². The molecule has 4 nitrogen and oxygen atoms in total. The molecule has 0 amide bonds. The Kier molecular flexibility index (Phi) is 8.08. The summed E-state index contributed by atoms with van der Waals surface area (Å²) in [5.41, 5.74) is 0.910. The Morgan fingerprint density at radius 1 is 1.10 bits per heavy atom. The lowest BCUT2D eigenvalue weighted by atomic mass is 10.2. The zero-order valence-electron chi connectivity index (χ0n) is 12.5. The summed E-state index contributed by atoms with van der Waals surface area (Å²) in [4.78, 5) is 10.1. The molecule has 20 heavy (non-hydrogen) atoms. The Balaban J connectivity index is 2.58. The van der Waals surface area contributed by atoms with Crippen molar-refractivity contribution in [1.29, 1.82) is 0 Å². The lowest BCUT2D eigenvalue weighted by molar-refractivity contribution is 0.191. The first-order valence-electron chi connectivity index (χ1n) is 7.36. The SMILES string of the molecule is CCCCN(CCCC)P(=O)(O)OCc1ccccc1. The Morgan fingerprint density at radius 2 is 1.65 bits per heavy atom. The van der Waals surface area contributed by atoms with Crippen molar-refractivity contribution in [3.05, 3.63) is 35.9 Å². The molecule has 0 bridgehead atoms. The first-order valence-corrected chi connectivity index (χ1v) is 8.90. The fraction of sp³-hybridized carbons (Fsp3) is 0.600. The van der Waals surface area contributed by atoms with Gasteiger partial charge in [-0.25, -0.2) is 9.24 Å². The summed E-state index contributed by atoms with van der Waals surface area (Å²) in [5.74, 6) is 0. The zero-order chi connectivity index (χ0) is 14.8. The molecule has 5 heteroatoms. The van der Waals surface area contributed by atoms with Crippen LogP contribution in [0.4, 0.5) is 0 Å². The van der Waals surface area contributed by atoms with Gasteiger partial charge in [0.15, 0.2) is 0 Å². The van der Waals surface area contributed by atoms with Crippen LogP contribution in [0.2, 0.25) is 0 Å². The van der Waals surface area contributed by atoms with Gasteiger partial charge in [0.1, 0.15) is 0 Å². The van der Waals surface area contributed by atoms with Gasteiger partial charge in [-0.15, -0.1) is 0 Å². The summed E-state index contributed by atoms with van der Waals surface area (Å²) in [6.45, 7) is 5.54. The highest BCUT2D eigenvalue weighted by atomic mass is 31.2. The van der Waals surface area contributed by atoms with Crippen LogP contribution in [0.3, 0.4) is 0 Å². The van der Waals surface area contributed by atoms with E-state index in [1.54, 1.807) is 4.67 Å². The number of hydrogen-bond acceptors (Lipinski definition) is 2. The molecule has 0 aliphatic heterocycles. The van der Waals surface area contributed by atoms with E-state index in [-0.39, 0.29) is 6.61 Å². The molecule has 1 rings (SSSR count). The van der Waals surface area contributed by atoms with Gasteiger partial charge < -0.3 is 4.89 Å². The molecular formula is C15H26NO3P. The third-order valence-electron chi connectivity index (χ3n) is 3.14. The molecule has 1 atom stereocenters. The van der Waals surface area contributed by atoms with Crippen LogP contribution in [0.15, 0.2) is 30.3 Å². The van der Waals surface area contributed by atoms with Crippen molar-refractivity contribution in [2.75, 3.05) is 13.1 Å². The number of nitrogens with zero attached hydrogens (tertiary/aromatic N) is 1. The minimum absolute atomic E-state index is 0.170. The van der Waals surface area contributed by atoms with Gasteiger partial charge in [0.05, 0.1) is 6.61 Å². The van der Waals surface area contributed by atoms with Crippen molar-refractivity contribution in [3.8, 4) is 0 Å². The summed E-state index contributed by atoms with van der Waals surface area (Å²) >= 11 is 0. The Morgan fingerprint density at radius 3 is 2.15 bits per heavy atom. The van der Waals surface area contributed by atoms with Crippen LogP contribution in [-0.4, -0.2) is 22.7 Å². The largest absolute Gasteiger partial charge is 0.405 e. The normalized spacial score (nSPS) is 14.4. The minimum Gasteiger partial charge on any atom is -0.312 e. The van der Waals surface area contributed by atoms with Crippen LogP contribution in [0, 0.1) is 0 Å². The summed E-state index contributed by atoms with van der Waals surface area (Å²) in [5, 5.41) is 0. The van der Waals surface area contributed by atoms with Crippen LogP contribution >= 0.6 is 7.75 Å². The summed E-state index contributed by atoms with van der Waals surface area (Å²) < 4.78 is 19.3. The van der Waals surface area contributed by atoms with Gasteiger partial charge in [0.25, 0.3) is 0 Å². The maximum absolute atomic E-state index is 12.4. The molecule has 1 aromatic rings. The summed E-state index contributed by atoms with van der Waals surface area (Å²) in [6, 6.07) is 9.49. The predicted molar refractivity (Wildman–Crippen MR) is 82.4 cm³/mol. The van der Waals surface area contributed by atoms with Crippen LogP contribution in [0.25, 0.3) is 0 Å². The third kappa shape index (κ3) is 6.19. The van der Waals surface area contributed by atoms with Crippen LogP contribution in [-0.2, 0) is 15.7 Å². The molecule has 1 unspecified atom stereocenters. The molecular weight excluding hydrogens is 273 g/mol. The average molecular weight is 299 g/mol. The van der Waals surface area contributed by atoms with Gasteiger partial charge in [0, 0.05) is 13.1 Å². The maximum atomic E-state index is 12.4. The van der Waals surface area contributed by atoms with Gasteiger partial charge >= 0.3 is 7.75 Å². The molecule has 0 heterocycles. The molecule has 0 aromatic heterocycles. The van der Waals surface area contributed by atoms with Crippen molar-refractivity contribution in [2.24, 2.45) is 0 Å². The topological polar surface area (TPSA) is 49.8 Å². The van der Waals surface area contributed by atoms with E-state index in [4.69, 9.17) is 4.52 Å². The zero-order valence-corrected chi connectivity index (χ0v) is 13.4. The van der Waals surface area contributed by atoms with E-state index in [1.807, 2.05) is 30.3 Å². The van der Waals surface area contributed by atoms with Crippen molar-refractivity contribution in [1.82, 2.24) is 4.67 Å². The second-order valence-electron chi connectivity index (χ2n) is 4.91. The van der Waals surface area contributed by atoms with Crippen LogP contribution in [0.1, 0.15) is 45.1 Å².